The third-order valence-electron chi connectivity index (χ3n) is 3.33. The highest BCUT2D eigenvalue weighted by Crippen LogP contribution is 2.40. The van der Waals surface area contributed by atoms with Gasteiger partial charge in [0.05, 0.1) is 0 Å². The molecule has 0 saturated heterocycles. The Kier molecular flexibility index (Phi) is 5.39. The molecule has 2 unspecified atom stereocenters. The second-order valence-electron chi connectivity index (χ2n) is 6.48. The minimum atomic E-state index is -0.436. The van der Waals surface area contributed by atoms with Crippen LogP contribution in [-0.4, -0.2) is 6.29 Å². The monoisotopic (exact) mass is 265 g/mol. The molecule has 0 spiro atoms. The molecule has 0 fully saturated rings. The maximum absolute atomic E-state index is 5.50. The molecular formula is C16H27NO2. The van der Waals surface area contributed by atoms with Crippen molar-refractivity contribution < 1.29 is 9.57 Å². The van der Waals surface area contributed by atoms with Crippen LogP contribution < -0.4 is 10.6 Å². The molecule has 0 aliphatic carbocycles. The van der Waals surface area contributed by atoms with Gasteiger partial charge in [-0.05, 0) is 41.9 Å². The van der Waals surface area contributed by atoms with Crippen LogP contribution in [0.2, 0.25) is 0 Å². The second kappa shape index (κ2) is 6.40. The summed E-state index contributed by atoms with van der Waals surface area (Å²) in [6.45, 7) is 13.2. The smallest absolute Gasteiger partial charge is 0.214 e. The number of benzene rings is 1. The first-order valence-corrected chi connectivity index (χ1v) is 6.88. The van der Waals surface area contributed by atoms with Gasteiger partial charge in [-0.1, -0.05) is 46.8 Å². The van der Waals surface area contributed by atoms with E-state index in [1.807, 2.05) is 12.1 Å². The molecule has 0 aliphatic rings. The fourth-order valence-electron chi connectivity index (χ4n) is 2.86. The molecule has 1 aromatic rings. The maximum Gasteiger partial charge on any atom is 0.214 e. The van der Waals surface area contributed by atoms with E-state index < -0.39 is 6.29 Å². The van der Waals surface area contributed by atoms with Gasteiger partial charge in [-0.25, -0.2) is 5.90 Å². The van der Waals surface area contributed by atoms with Gasteiger partial charge in [0.2, 0.25) is 6.29 Å². The summed E-state index contributed by atoms with van der Waals surface area (Å²) in [4.78, 5) is 4.60. The molecule has 0 saturated carbocycles. The molecule has 0 heterocycles. The fourth-order valence-corrected chi connectivity index (χ4v) is 2.86. The predicted molar refractivity (Wildman–Crippen MR) is 78.8 cm³/mol. The molecule has 19 heavy (non-hydrogen) atoms. The van der Waals surface area contributed by atoms with Crippen LogP contribution in [0.4, 0.5) is 0 Å². The highest BCUT2D eigenvalue weighted by Gasteiger charge is 2.28. The lowest BCUT2D eigenvalue weighted by Crippen LogP contribution is -2.23. The summed E-state index contributed by atoms with van der Waals surface area (Å²) >= 11 is 0. The minimum absolute atomic E-state index is 0.240. The third-order valence-corrected chi connectivity index (χ3v) is 3.33. The van der Waals surface area contributed by atoms with E-state index in [9.17, 15) is 0 Å². The Morgan fingerprint density at radius 3 is 1.89 bits per heavy atom. The van der Waals surface area contributed by atoms with Crippen molar-refractivity contribution >= 4 is 0 Å². The lowest BCUT2D eigenvalue weighted by molar-refractivity contribution is -0.0688. The Morgan fingerprint density at radius 1 is 1.00 bits per heavy atom. The van der Waals surface area contributed by atoms with Gasteiger partial charge in [-0.2, -0.15) is 0 Å². The van der Waals surface area contributed by atoms with Gasteiger partial charge in [0.25, 0.3) is 0 Å². The van der Waals surface area contributed by atoms with Crippen LogP contribution in [0.1, 0.15) is 53.0 Å². The number of rotatable bonds is 5. The Labute approximate surface area is 117 Å². The average Bonchev–Trinajstić information content (AvgIpc) is 2.29. The first-order valence-electron chi connectivity index (χ1n) is 6.88. The van der Waals surface area contributed by atoms with E-state index in [0.717, 1.165) is 5.75 Å². The molecule has 0 aliphatic heterocycles. The van der Waals surface area contributed by atoms with Crippen LogP contribution >= 0.6 is 0 Å². The first-order chi connectivity index (χ1) is 8.75. The summed E-state index contributed by atoms with van der Waals surface area (Å²) in [6.07, 6.45) is -0.436. The van der Waals surface area contributed by atoms with E-state index >= 15 is 0 Å². The summed E-state index contributed by atoms with van der Waals surface area (Å²) in [5.41, 5.74) is 1.58. The lowest BCUT2D eigenvalue weighted by Gasteiger charge is -2.34. The van der Waals surface area contributed by atoms with Gasteiger partial charge >= 0.3 is 0 Å². The highest BCUT2D eigenvalue weighted by molar-refractivity contribution is 5.30. The quantitative estimate of drug-likeness (QED) is 0.644. The number of ether oxygens (including phenoxy) is 1. The van der Waals surface area contributed by atoms with Crippen LogP contribution in [0.15, 0.2) is 24.3 Å². The van der Waals surface area contributed by atoms with E-state index in [4.69, 9.17) is 10.6 Å². The molecule has 0 bridgehead atoms. The molecular weight excluding hydrogens is 238 g/mol. The van der Waals surface area contributed by atoms with Crippen molar-refractivity contribution in [3.63, 3.8) is 0 Å². The molecule has 0 radical (unpaired) electrons. The van der Waals surface area contributed by atoms with Gasteiger partial charge in [-0.15, -0.1) is 0 Å². The van der Waals surface area contributed by atoms with E-state index in [1.54, 1.807) is 6.92 Å². The van der Waals surface area contributed by atoms with Crippen molar-refractivity contribution in [3.8, 4) is 5.75 Å². The van der Waals surface area contributed by atoms with Gasteiger partial charge in [0, 0.05) is 0 Å². The second-order valence-corrected chi connectivity index (χ2v) is 6.48. The highest BCUT2D eigenvalue weighted by atomic mass is 16.7. The molecule has 108 valence electrons. The SMILES string of the molecule is CC(ON)Oc1ccc(C(C(C)C)C(C)(C)C)cc1. The van der Waals surface area contributed by atoms with E-state index in [2.05, 4.69) is 51.6 Å². The zero-order valence-corrected chi connectivity index (χ0v) is 12.9. The Hall–Kier alpha value is -1.06. The van der Waals surface area contributed by atoms with Crippen molar-refractivity contribution in [2.75, 3.05) is 0 Å². The van der Waals surface area contributed by atoms with Crippen molar-refractivity contribution in [1.29, 1.82) is 0 Å². The first kappa shape index (κ1) is 16.0. The van der Waals surface area contributed by atoms with Crippen molar-refractivity contribution in [1.82, 2.24) is 0 Å². The Balaban J connectivity index is 2.90. The van der Waals surface area contributed by atoms with Gasteiger partial charge in [-0.3, -0.25) is 4.84 Å². The molecule has 1 rings (SSSR count). The van der Waals surface area contributed by atoms with Crippen molar-refractivity contribution in [3.05, 3.63) is 29.8 Å². The maximum atomic E-state index is 5.50. The van der Waals surface area contributed by atoms with E-state index in [-0.39, 0.29) is 5.41 Å². The summed E-state index contributed by atoms with van der Waals surface area (Å²) in [7, 11) is 0. The predicted octanol–water partition coefficient (Wildman–Crippen LogP) is 4.09. The molecule has 2 atom stereocenters. The van der Waals surface area contributed by atoms with Crippen molar-refractivity contribution in [2.45, 2.75) is 53.8 Å². The molecule has 1 aromatic carbocycles. The van der Waals surface area contributed by atoms with Gasteiger partial charge in [0.15, 0.2) is 0 Å². The summed E-state index contributed by atoms with van der Waals surface area (Å²) in [6, 6.07) is 8.22. The Morgan fingerprint density at radius 2 is 1.53 bits per heavy atom. The van der Waals surface area contributed by atoms with Crippen LogP contribution in [-0.2, 0) is 4.84 Å². The number of hydrogen-bond donors (Lipinski definition) is 1. The van der Waals surface area contributed by atoms with Crippen molar-refractivity contribution in [2.24, 2.45) is 17.2 Å². The zero-order chi connectivity index (χ0) is 14.6. The number of nitrogens with two attached hydrogens (primary N) is 1. The summed E-state index contributed by atoms with van der Waals surface area (Å²) in [5, 5.41) is 0. The topological polar surface area (TPSA) is 44.5 Å². The normalized spacial score (nSPS) is 15.4. The van der Waals surface area contributed by atoms with E-state index in [0.29, 0.717) is 11.8 Å². The fraction of sp³-hybridized carbons (Fsp3) is 0.625. The zero-order valence-electron chi connectivity index (χ0n) is 12.9. The van der Waals surface area contributed by atoms with Gasteiger partial charge in [0.1, 0.15) is 5.75 Å². The molecule has 2 N–H and O–H groups in total. The van der Waals surface area contributed by atoms with Crippen LogP contribution in [0.3, 0.4) is 0 Å². The lowest BCUT2D eigenvalue weighted by atomic mass is 9.70. The van der Waals surface area contributed by atoms with E-state index in [1.165, 1.54) is 5.56 Å². The largest absolute Gasteiger partial charge is 0.464 e. The van der Waals surface area contributed by atoms with Gasteiger partial charge < -0.3 is 4.74 Å². The van der Waals surface area contributed by atoms with Crippen LogP contribution in [0.25, 0.3) is 0 Å². The number of hydrogen-bond acceptors (Lipinski definition) is 3. The summed E-state index contributed by atoms with van der Waals surface area (Å²) in [5.74, 6) is 6.96. The average molecular weight is 265 g/mol. The minimum Gasteiger partial charge on any atom is -0.464 e. The molecule has 0 aromatic heterocycles. The summed E-state index contributed by atoms with van der Waals surface area (Å²) < 4.78 is 5.50. The standard InChI is InChI=1S/C16H27NO2/c1-11(2)15(16(4,5)6)13-7-9-14(10-8-13)18-12(3)19-17/h7-12,15H,17H2,1-6H3. The Bertz CT molecular complexity index is 379. The third kappa shape index (κ3) is 4.51. The molecule has 3 heteroatoms. The van der Waals surface area contributed by atoms with Crippen LogP contribution in [0.5, 0.6) is 5.75 Å². The molecule has 3 nitrogen and oxygen atoms in total. The van der Waals surface area contributed by atoms with Crippen LogP contribution in [0, 0.1) is 11.3 Å². The molecule has 0 amide bonds.